The van der Waals surface area contributed by atoms with Gasteiger partial charge in [0.25, 0.3) is 0 Å². The summed E-state index contributed by atoms with van der Waals surface area (Å²) in [6.07, 6.45) is -1.80. The molecule has 34 heavy (non-hydrogen) atoms. The van der Waals surface area contributed by atoms with Crippen LogP contribution in [0.15, 0.2) is 42.5 Å². The molecule has 0 amide bonds. The van der Waals surface area contributed by atoms with Crippen molar-refractivity contribution < 1.29 is 27.8 Å². The van der Waals surface area contributed by atoms with Gasteiger partial charge in [-0.05, 0) is 72.6 Å². The normalized spacial score (nSPS) is 20.3. The van der Waals surface area contributed by atoms with Crippen molar-refractivity contribution in [3.63, 3.8) is 0 Å². The summed E-state index contributed by atoms with van der Waals surface area (Å²) < 4.78 is 43.6. The fourth-order valence-corrected chi connectivity index (χ4v) is 5.25. The number of hydrogen-bond donors (Lipinski definition) is 2. The van der Waals surface area contributed by atoms with Gasteiger partial charge in [0, 0.05) is 11.7 Å². The van der Waals surface area contributed by atoms with E-state index in [4.69, 9.17) is 10.1 Å². The Morgan fingerprint density at radius 3 is 2.53 bits per heavy atom. The van der Waals surface area contributed by atoms with Crippen molar-refractivity contribution in [3.05, 3.63) is 48.0 Å². The molecule has 9 heteroatoms. The molecular formula is C25H28F3N3O3. The summed E-state index contributed by atoms with van der Waals surface area (Å²) in [7, 11) is 0. The first-order valence-corrected chi connectivity index (χ1v) is 11.2. The number of hydrogen-bond acceptors (Lipinski definition) is 4. The number of halogens is 3. The smallest absolute Gasteiger partial charge is 0.481 e. The molecule has 0 aliphatic heterocycles. The van der Waals surface area contributed by atoms with Crippen LogP contribution < -0.4 is 10.1 Å². The highest BCUT2D eigenvalue weighted by Gasteiger charge is 2.35. The molecule has 1 heterocycles. The molecule has 1 unspecified atom stereocenters. The highest BCUT2D eigenvalue weighted by molar-refractivity contribution is 5.82. The number of carboxylic acid groups (broad SMARTS) is 1. The van der Waals surface area contributed by atoms with Crippen LogP contribution in [0.5, 0.6) is 5.75 Å². The summed E-state index contributed by atoms with van der Waals surface area (Å²) in [4.78, 5) is 15.9. The second-order valence-corrected chi connectivity index (χ2v) is 9.96. The summed E-state index contributed by atoms with van der Waals surface area (Å²) >= 11 is 0. The molecule has 2 N–H and O–H groups in total. The van der Waals surface area contributed by atoms with Gasteiger partial charge in [-0.15, -0.1) is 13.2 Å². The zero-order valence-electron chi connectivity index (χ0n) is 19.3. The summed E-state index contributed by atoms with van der Waals surface area (Å²) in [5, 5.41) is 12.4. The number of ether oxygens (including phenoxy) is 1. The van der Waals surface area contributed by atoms with Crippen molar-refractivity contribution in [1.29, 1.82) is 0 Å². The largest absolute Gasteiger partial charge is 0.573 e. The van der Waals surface area contributed by atoms with E-state index < -0.39 is 12.3 Å². The number of imidazole rings is 1. The van der Waals surface area contributed by atoms with E-state index in [1.807, 2.05) is 6.07 Å². The Hall–Kier alpha value is -3.23. The number of nitrogens with one attached hydrogen (secondary N) is 1. The Morgan fingerprint density at radius 2 is 1.91 bits per heavy atom. The molecule has 1 aromatic heterocycles. The molecule has 0 spiro atoms. The maximum Gasteiger partial charge on any atom is 0.573 e. The van der Waals surface area contributed by atoms with Gasteiger partial charge in [-0.2, -0.15) is 0 Å². The lowest BCUT2D eigenvalue weighted by Gasteiger charge is -2.40. The Bertz CT molecular complexity index is 1190. The van der Waals surface area contributed by atoms with Crippen LogP contribution in [-0.4, -0.2) is 27.0 Å². The minimum Gasteiger partial charge on any atom is -0.481 e. The molecule has 0 saturated heterocycles. The molecular weight excluding hydrogens is 447 g/mol. The highest BCUT2D eigenvalue weighted by Crippen LogP contribution is 2.46. The predicted molar refractivity (Wildman–Crippen MR) is 123 cm³/mol. The lowest BCUT2D eigenvalue weighted by atomic mass is 9.70. The lowest BCUT2D eigenvalue weighted by molar-refractivity contribution is -0.274. The van der Waals surface area contributed by atoms with Crippen molar-refractivity contribution in [2.75, 3.05) is 5.32 Å². The number of aliphatic carboxylic acids is 1. The molecule has 2 aromatic carbocycles. The van der Waals surface area contributed by atoms with Crippen molar-refractivity contribution in [1.82, 2.24) is 9.55 Å². The molecule has 3 aromatic rings. The second-order valence-electron chi connectivity index (χ2n) is 9.96. The minimum atomic E-state index is -4.75. The number of fused-ring (bicyclic) bond motifs is 1. The van der Waals surface area contributed by atoms with Gasteiger partial charge >= 0.3 is 12.3 Å². The van der Waals surface area contributed by atoms with Crippen LogP contribution in [0.3, 0.4) is 0 Å². The third-order valence-electron chi connectivity index (χ3n) is 6.18. The van der Waals surface area contributed by atoms with Crippen LogP contribution in [0.2, 0.25) is 0 Å². The molecule has 2 atom stereocenters. The van der Waals surface area contributed by atoms with E-state index in [1.54, 1.807) is 12.1 Å². The molecule has 1 saturated carbocycles. The molecule has 0 radical (unpaired) electrons. The van der Waals surface area contributed by atoms with Gasteiger partial charge in [0.1, 0.15) is 5.75 Å². The first kappa shape index (κ1) is 23.9. The van der Waals surface area contributed by atoms with Crippen LogP contribution >= 0.6 is 0 Å². The number of nitrogens with zero attached hydrogens (tertiary/aromatic N) is 2. The molecule has 4 rings (SSSR count). The van der Waals surface area contributed by atoms with Gasteiger partial charge in [0.05, 0.1) is 17.5 Å². The van der Waals surface area contributed by atoms with Gasteiger partial charge in [-0.25, -0.2) is 4.98 Å². The third kappa shape index (κ3) is 5.63. The summed E-state index contributed by atoms with van der Waals surface area (Å²) in [5.41, 5.74) is 2.94. The fourth-order valence-electron chi connectivity index (χ4n) is 5.25. The summed E-state index contributed by atoms with van der Waals surface area (Å²) in [6, 6.07) is 11.2. The quantitative estimate of drug-likeness (QED) is 0.415. The molecule has 1 aliphatic rings. The molecule has 0 bridgehead atoms. The molecule has 1 aliphatic carbocycles. The van der Waals surface area contributed by atoms with Crippen molar-refractivity contribution in [2.24, 2.45) is 11.3 Å². The lowest BCUT2D eigenvalue weighted by Crippen LogP contribution is -2.29. The van der Waals surface area contributed by atoms with E-state index in [2.05, 4.69) is 35.4 Å². The van der Waals surface area contributed by atoms with Crippen LogP contribution in [0.1, 0.15) is 51.6 Å². The fraction of sp³-hybridized carbons (Fsp3) is 0.440. The van der Waals surface area contributed by atoms with E-state index in [1.165, 1.54) is 24.3 Å². The Kier molecular flexibility index (Phi) is 6.22. The standard InChI is InChI=1S/C25H28F3N3O3/c1-15-10-18(14-24(2,3)13-15)31-21-9-4-16(12-22(32)33)11-20(21)30-23(31)29-17-5-7-19(8-6-17)34-25(26,27)28/h4-9,11,15,18H,10,12-14H2,1-3H3,(H,29,30)(H,32,33)/t15-,18?/m1/s1. The van der Waals surface area contributed by atoms with Crippen LogP contribution in [0, 0.1) is 11.3 Å². The van der Waals surface area contributed by atoms with Crippen molar-refractivity contribution in [2.45, 2.75) is 58.9 Å². The van der Waals surface area contributed by atoms with E-state index >= 15 is 0 Å². The Labute approximate surface area is 195 Å². The van der Waals surface area contributed by atoms with Crippen LogP contribution in [0.4, 0.5) is 24.8 Å². The predicted octanol–water partition coefficient (Wildman–Crippen LogP) is 6.69. The number of benzene rings is 2. The molecule has 182 valence electrons. The summed E-state index contributed by atoms with van der Waals surface area (Å²) in [5.74, 6) is -0.125. The number of rotatable bonds is 6. The van der Waals surface area contributed by atoms with E-state index in [0.717, 1.165) is 24.8 Å². The zero-order chi connectivity index (χ0) is 24.7. The number of alkyl halides is 3. The number of carboxylic acids is 1. The Morgan fingerprint density at radius 1 is 1.21 bits per heavy atom. The molecule has 1 fully saturated rings. The number of anilines is 2. The van der Waals surface area contributed by atoms with E-state index in [0.29, 0.717) is 28.6 Å². The average Bonchev–Trinajstić information content (AvgIpc) is 3.03. The maximum absolute atomic E-state index is 12.5. The third-order valence-corrected chi connectivity index (χ3v) is 6.18. The SMILES string of the molecule is C[C@@H]1CC(n2c(Nc3ccc(OC(F)(F)F)cc3)nc3cc(CC(=O)O)ccc32)CC(C)(C)C1. The molecule has 6 nitrogen and oxygen atoms in total. The van der Waals surface area contributed by atoms with Crippen LogP contribution in [0.25, 0.3) is 11.0 Å². The summed E-state index contributed by atoms with van der Waals surface area (Å²) in [6.45, 7) is 6.75. The highest BCUT2D eigenvalue weighted by atomic mass is 19.4. The first-order valence-electron chi connectivity index (χ1n) is 11.2. The number of aromatic nitrogens is 2. The monoisotopic (exact) mass is 475 g/mol. The van der Waals surface area contributed by atoms with Crippen molar-refractivity contribution >= 4 is 28.6 Å². The topological polar surface area (TPSA) is 76.4 Å². The van der Waals surface area contributed by atoms with Gasteiger partial charge in [0.2, 0.25) is 5.95 Å². The van der Waals surface area contributed by atoms with E-state index in [9.17, 15) is 18.0 Å². The maximum atomic E-state index is 12.5. The van der Waals surface area contributed by atoms with Gasteiger partial charge < -0.3 is 19.7 Å². The van der Waals surface area contributed by atoms with Gasteiger partial charge in [-0.3, -0.25) is 4.79 Å². The average molecular weight is 476 g/mol. The van der Waals surface area contributed by atoms with E-state index in [-0.39, 0.29) is 23.6 Å². The van der Waals surface area contributed by atoms with Gasteiger partial charge in [-0.1, -0.05) is 26.8 Å². The zero-order valence-corrected chi connectivity index (χ0v) is 19.3. The van der Waals surface area contributed by atoms with Crippen LogP contribution in [-0.2, 0) is 11.2 Å². The first-order chi connectivity index (χ1) is 15.9. The minimum absolute atomic E-state index is 0.0975. The van der Waals surface area contributed by atoms with Crippen molar-refractivity contribution in [3.8, 4) is 5.75 Å². The second kappa shape index (κ2) is 8.85. The number of carbonyl (C=O) groups is 1. The Balaban J connectivity index is 1.72. The van der Waals surface area contributed by atoms with Gasteiger partial charge in [0.15, 0.2) is 0 Å².